The molecule has 1 aliphatic rings. The number of aryl methyl sites for hydroxylation is 1. The molecule has 0 aliphatic carbocycles. The number of rotatable bonds is 6. The fourth-order valence-corrected chi connectivity index (χ4v) is 4.85. The van der Waals surface area contributed by atoms with Crippen LogP contribution in [0.15, 0.2) is 42.5 Å². The molecule has 198 valence electrons. The molecule has 0 radical (unpaired) electrons. The number of hydrogen-bond acceptors (Lipinski definition) is 5. The second-order valence-electron chi connectivity index (χ2n) is 10.5. The molecular weight excluding hydrogens is 468 g/mol. The van der Waals surface area contributed by atoms with Gasteiger partial charge in [-0.05, 0) is 41.7 Å². The van der Waals surface area contributed by atoms with Gasteiger partial charge in [-0.15, -0.1) is 0 Å². The van der Waals surface area contributed by atoms with Crippen LogP contribution in [0.3, 0.4) is 0 Å². The molecule has 0 atom stereocenters. The van der Waals surface area contributed by atoms with Crippen molar-refractivity contribution in [3.8, 4) is 5.75 Å². The third-order valence-corrected chi connectivity index (χ3v) is 6.98. The molecule has 1 fully saturated rings. The SMILES string of the molecule is CCOC(=O)N1CCN(Cc2cccc3cc(C(=O)Nc4cc(C(C)(C)C)ccc4OC)n(C)c23)CC1. The van der Waals surface area contributed by atoms with Crippen molar-refractivity contribution in [3.63, 3.8) is 0 Å². The van der Waals surface area contributed by atoms with E-state index in [1.807, 2.05) is 54.9 Å². The van der Waals surface area contributed by atoms with Gasteiger partial charge in [0, 0.05) is 45.2 Å². The summed E-state index contributed by atoms with van der Waals surface area (Å²) in [4.78, 5) is 29.6. The zero-order chi connectivity index (χ0) is 26.7. The van der Waals surface area contributed by atoms with Gasteiger partial charge in [0.05, 0.1) is 24.9 Å². The fourth-order valence-electron chi connectivity index (χ4n) is 4.85. The summed E-state index contributed by atoms with van der Waals surface area (Å²) in [5.41, 5.74) is 4.49. The first kappa shape index (κ1) is 26.5. The average molecular weight is 507 g/mol. The quantitative estimate of drug-likeness (QED) is 0.509. The maximum atomic E-state index is 13.4. The summed E-state index contributed by atoms with van der Waals surface area (Å²) in [6.45, 7) is 12.2. The molecule has 2 amide bonds. The number of fused-ring (bicyclic) bond motifs is 1. The molecule has 4 rings (SSSR count). The number of ether oxygens (including phenoxy) is 2. The highest BCUT2D eigenvalue weighted by Gasteiger charge is 2.24. The Balaban J connectivity index is 1.54. The van der Waals surface area contributed by atoms with Crippen molar-refractivity contribution in [3.05, 3.63) is 59.3 Å². The Bertz CT molecular complexity index is 1280. The van der Waals surface area contributed by atoms with E-state index in [9.17, 15) is 9.59 Å². The van der Waals surface area contributed by atoms with Crippen molar-refractivity contribution in [1.29, 1.82) is 0 Å². The standard InChI is InChI=1S/C29H38N4O4/c1-7-37-28(35)33-15-13-32(14-16-33)19-21-10-8-9-20-17-24(31(5)26(20)21)27(34)30-23-18-22(29(2,3)4)11-12-25(23)36-6/h8-12,17-18H,7,13-16,19H2,1-6H3,(H,30,34). The Hall–Kier alpha value is -3.52. The molecule has 0 spiro atoms. The van der Waals surface area contributed by atoms with Gasteiger partial charge in [-0.1, -0.05) is 45.0 Å². The van der Waals surface area contributed by atoms with E-state index in [-0.39, 0.29) is 17.4 Å². The highest BCUT2D eigenvalue weighted by atomic mass is 16.6. The van der Waals surface area contributed by atoms with E-state index in [1.54, 1.807) is 12.0 Å². The Morgan fingerprint density at radius 2 is 1.76 bits per heavy atom. The zero-order valence-electron chi connectivity index (χ0n) is 22.8. The molecule has 2 aromatic carbocycles. The molecule has 8 nitrogen and oxygen atoms in total. The Labute approximate surface area is 219 Å². The van der Waals surface area contributed by atoms with E-state index in [1.165, 1.54) is 0 Å². The maximum Gasteiger partial charge on any atom is 0.409 e. The van der Waals surface area contributed by atoms with Crippen LogP contribution in [-0.2, 0) is 23.7 Å². The molecule has 0 saturated carbocycles. The number of para-hydroxylation sites is 1. The first-order chi connectivity index (χ1) is 17.6. The van der Waals surface area contributed by atoms with E-state index in [0.29, 0.717) is 36.8 Å². The number of carbonyl (C=O) groups is 2. The lowest BCUT2D eigenvalue weighted by Gasteiger charge is -2.34. The van der Waals surface area contributed by atoms with Crippen molar-refractivity contribution < 1.29 is 19.1 Å². The third kappa shape index (κ3) is 5.74. The van der Waals surface area contributed by atoms with Crippen LogP contribution in [0.25, 0.3) is 10.9 Å². The van der Waals surface area contributed by atoms with Crippen LogP contribution in [0.5, 0.6) is 5.75 Å². The zero-order valence-corrected chi connectivity index (χ0v) is 22.8. The molecule has 37 heavy (non-hydrogen) atoms. The van der Waals surface area contributed by atoms with Crippen LogP contribution >= 0.6 is 0 Å². The first-order valence-corrected chi connectivity index (χ1v) is 12.8. The summed E-state index contributed by atoms with van der Waals surface area (Å²) in [7, 11) is 3.54. The number of carbonyl (C=O) groups excluding carboxylic acids is 2. The Morgan fingerprint density at radius 3 is 2.41 bits per heavy atom. The average Bonchev–Trinajstić information content (AvgIpc) is 3.21. The molecular formula is C29H38N4O4. The third-order valence-electron chi connectivity index (χ3n) is 6.98. The minimum absolute atomic E-state index is 0.0535. The van der Waals surface area contributed by atoms with Crippen LogP contribution in [0.1, 0.15) is 49.3 Å². The molecule has 0 bridgehead atoms. The summed E-state index contributed by atoms with van der Waals surface area (Å²) in [6, 6.07) is 14.0. The van der Waals surface area contributed by atoms with Crippen molar-refractivity contribution in [2.24, 2.45) is 7.05 Å². The number of nitrogens with zero attached hydrogens (tertiary/aromatic N) is 3. The smallest absolute Gasteiger partial charge is 0.409 e. The van der Waals surface area contributed by atoms with Crippen molar-refractivity contribution in [2.75, 3.05) is 45.2 Å². The van der Waals surface area contributed by atoms with Gasteiger partial charge >= 0.3 is 6.09 Å². The van der Waals surface area contributed by atoms with E-state index in [0.717, 1.165) is 41.7 Å². The number of nitrogens with one attached hydrogen (secondary N) is 1. The summed E-state index contributed by atoms with van der Waals surface area (Å²) in [6.07, 6.45) is -0.244. The van der Waals surface area contributed by atoms with Crippen molar-refractivity contribution >= 4 is 28.6 Å². The summed E-state index contributed by atoms with van der Waals surface area (Å²) in [5, 5.41) is 4.09. The molecule has 0 unspecified atom stereocenters. The minimum Gasteiger partial charge on any atom is -0.495 e. The van der Waals surface area contributed by atoms with Gasteiger partial charge in [-0.2, -0.15) is 0 Å². The van der Waals surface area contributed by atoms with Crippen LogP contribution in [-0.4, -0.2) is 66.3 Å². The number of benzene rings is 2. The number of anilines is 1. The Morgan fingerprint density at radius 1 is 1.03 bits per heavy atom. The summed E-state index contributed by atoms with van der Waals surface area (Å²) in [5.74, 6) is 0.444. The molecule has 3 aromatic rings. The fraction of sp³-hybridized carbons (Fsp3) is 0.448. The van der Waals surface area contributed by atoms with Crippen LogP contribution < -0.4 is 10.1 Å². The summed E-state index contributed by atoms with van der Waals surface area (Å²) >= 11 is 0. The highest BCUT2D eigenvalue weighted by molar-refractivity contribution is 6.07. The Kier molecular flexibility index (Phi) is 7.78. The number of methoxy groups -OCH3 is 1. The van der Waals surface area contributed by atoms with Gasteiger partial charge in [-0.25, -0.2) is 4.79 Å². The monoisotopic (exact) mass is 506 g/mol. The van der Waals surface area contributed by atoms with Gasteiger partial charge in [0.1, 0.15) is 11.4 Å². The molecule has 8 heteroatoms. The molecule has 2 heterocycles. The molecule has 1 N–H and O–H groups in total. The van der Waals surface area contributed by atoms with Crippen molar-refractivity contribution in [2.45, 2.75) is 39.7 Å². The second kappa shape index (κ2) is 10.8. The van der Waals surface area contributed by atoms with Gasteiger partial charge in [0.2, 0.25) is 0 Å². The lowest BCUT2D eigenvalue weighted by Crippen LogP contribution is -2.48. The van der Waals surface area contributed by atoms with Gasteiger partial charge in [-0.3, -0.25) is 9.69 Å². The van der Waals surface area contributed by atoms with Crippen molar-refractivity contribution in [1.82, 2.24) is 14.4 Å². The predicted octanol–water partition coefficient (Wildman–Crippen LogP) is 5.01. The van der Waals surface area contributed by atoms with E-state index < -0.39 is 0 Å². The number of piperazine rings is 1. The maximum absolute atomic E-state index is 13.4. The largest absolute Gasteiger partial charge is 0.495 e. The minimum atomic E-state index is -0.244. The van der Waals surface area contributed by atoms with Gasteiger partial charge < -0.3 is 24.3 Å². The molecule has 1 aromatic heterocycles. The van der Waals surface area contributed by atoms with Crippen LogP contribution in [0.2, 0.25) is 0 Å². The molecule has 1 aliphatic heterocycles. The number of hydrogen-bond donors (Lipinski definition) is 1. The highest BCUT2D eigenvalue weighted by Crippen LogP contribution is 2.32. The van der Waals surface area contributed by atoms with E-state index in [4.69, 9.17) is 9.47 Å². The van der Waals surface area contributed by atoms with Crippen LogP contribution in [0.4, 0.5) is 10.5 Å². The van der Waals surface area contributed by atoms with Gasteiger partial charge in [0.15, 0.2) is 0 Å². The topological polar surface area (TPSA) is 76.0 Å². The van der Waals surface area contributed by atoms with E-state index >= 15 is 0 Å². The van der Waals surface area contributed by atoms with Crippen LogP contribution in [0, 0.1) is 0 Å². The van der Waals surface area contributed by atoms with Gasteiger partial charge in [0.25, 0.3) is 5.91 Å². The first-order valence-electron chi connectivity index (χ1n) is 12.8. The summed E-state index contributed by atoms with van der Waals surface area (Å²) < 4.78 is 12.6. The normalized spacial score (nSPS) is 14.6. The van der Waals surface area contributed by atoms with E-state index in [2.05, 4.69) is 37.1 Å². The molecule has 1 saturated heterocycles. The number of aromatic nitrogens is 1. The predicted molar refractivity (Wildman–Crippen MR) is 146 cm³/mol. The number of amides is 2. The lowest BCUT2D eigenvalue weighted by molar-refractivity contribution is 0.0779. The second-order valence-corrected chi connectivity index (χ2v) is 10.5. The lowest BCUT2D eigenvalue weighted by atomic mass is 9.87.